The topological polar surface area (TPSA) is 56.9 Å². The van der Waals surface area contributed by atoms with E-state index in [0.29, 0.717) is 6.54 Å². The largest absolute Gasteiger partial charge is 0.361 e. The minimum Gasteiger partial charge on any atom is -0.361 e. The van der Waals surface area contributed by atoms with Crippen molar-refractivity contribution in [2.75, 3.05) is 19.6 Å². The molecule has 0 spiro atoms. The Morgan fingerprint density at radius 2 is 2.26 bits per heavy atom. The highest BCUT2D eigenvalue weighted by Crippen LogP contribution is 2.22. The third-order valence-corrected chi connectivity index (χ3v) is 3.84. The Kier molecular flexibility index (Phi) is 3.25. The summed E-state index contributed by atoms with van der Waals surface area (Å²) in [5, 5.41) is 7.42. The lowest BCUT2D eigenvalue weighted by Gasteiger charge is -2.25. The Morgan fingerprint density at radius 3 is 3.00 bits per heavy atom. The van der Waals surface area contributed by atoms with Crippen LogP contribution in [0, 0.1) is 12.8 Å². The van der Waals surface area contributed by atoms with E-state index in [1.54, 1.807) is 0 Å². The van der Waals surface area contributed by atoms with Crippen molar-refractivity contribution in [1.29, 1.82) is 0 Å². The van der Waals surface area contributed by atoms with Gasteiger partial charge in [0.15, 0.2) is 0 Å². The predicted octanol–water partition coefficient (Wildman–Crippen LogP) is 1.35. The monoisotopic (exact) mass is 257 g/mol. The lowest BCUT2D eigenvalue weighted by Crippen LogP contribution is -2.51. The first-order valence-electron chi connectivity index (χ1n) is 6.79. The van der Waals surface area contributed by atoms with Crippen LogP contribution in [-0.4, -0.2) is 30.5 Å². The van der Waals surface area contributed by atoms with Crippen LogP contribution in [0.4, 0.5) is 0 Å². The van der Waals surface area contributed by atoms with Gasteiger partial charge < -0.3 is 15.6 Å². The van der Waals surface area contributed by atoms with Gasteiger partial charge in [-0.2, -0.15) is 0 Å². The normalized spacial score (nSPS) is 15.4. The molecule has 100 valence electrons. The van der Waals surface area contributed by atoms with Gasteiger partial charge >= 0.3 is 0 Å². The Hall–Kier alpha value is -1.81. The fourth-order valence-electron chi connectivity index (χ4n) is 2.59. The molecule has 1 saturated heterocycles. The molecular weight excluding hydrogens is 238 g/mol. The first-order valence-corrected chi connectivity index (χ1v) is 6.79. The van der Waals surface area contributed by atoms with Crippen molar-refractivity contribution in [1.82, 2.24) is 15.6 Å². The summed E-state index contributed by atoms with van der Waals surface area (Å²) in [6.07, 6.45) is 2.92. The van der Waals surface area contributed by atoms with Gasteiger partial charge in [0.2, 0.25) is 5.91 Å². The summed E-state index contributed by atoms with van der Waals surface area (Å²) in [6.45, 7) is 4.46. The van der Waals surface area contributed by atoms with E-state index in [9.17, 15) is 4.79 Å². The molecule has 4 heteroatoms. The summed E-state index contributed by atoms with van der Waals surface area (Å²) in [4.78, 5) is 15.0. The maximum atomic E-state index is 11.7. The minimum absolute atomic E-state index is 0.171. The fourth-order valence-corrected chi connectivity index (χ4v) is 2.59. The highest BCUT2D eigenvalue weighted by atomic mass is 16.2. The van der Waals surface area contributed by atoms with Crippen LogP contribution < -0.4 is 10.6 Å². The number of aromatic amines is 1. The van der Waals surface area contributed by atoms with Gasteiger partial charge in [0.1, 0.15) is 0 Å². The average Bonchev–Trinajstić information content (AvgIpc) is 2.72. The zero-order chi connectivity index (χ0) is 13.2. The standard InChI is InChI=1S/C15H19N3O/c1-10-3-2-4-13-14(10)11(9-18-13)5-6-17-15(19)12-7-16-8-12/h2-4,9,12,16,18H,5-8H2,1H3,(H,17,19). The quantitative estimate of drug-likeness (QED) is 0.774. The number of carbonyl (C=O) groups excluding carboxylic acids is 1. The molecule has 3 rings (SSSR count). The Labute approximate surface area is 112 Å². The Bertz CT molecular complexity index is 598. The lowest BCUT2D eigenvalue weighted by atomic mass is 10.0. The van der Waals surface area contributed by atoms with Crippen molar-refractivity contribution in [3.63, 3.8) is 0 Å². The van der Waals surface area contributed by atoms with Gasteiger partial charge in [-0.1, -0.05) is 12.1 Å². The zero-order valence-electron chi connectivity index (χ0n) is 11.1. The lowest BCUT2D eigenvalue weighted by molar-refractivity contribution is -0.126. The number of benzene rings is 1. The number of carbonyl (C=O) groups is 1. The Morgan fingerprint density at radius 1 is 1.42 bits per heavy atom. The number of nitrogens with one attached hydrogen (secondary N) is 3. The summed E-state index contributed by atoms with van der Waals surface area (Å²) < 4.78 is 0. The fraction of sp³-hybridized carbons (Fsp3) is 0.400. The van der Waals surface area contributed by atoms with Crippen molar-refractivity contribution in [3.8, 4) is 0 Å². The predicted molar refractivity (Wildman–Crippen MR) is 76.1 cm³/mol. The molecule has 0 unspecified atom stereocenters. The smallest absolute Gasteiger partial charge is 0.225 e. The van der Waals surface area contributed by atoms with Crippen LogP contribution in [0.1, 0.15) is 11.1 Å². The van der Waals surface area contributed by atoms with Gasteiger partial charge in [0.25, 0.3) is 0 Å². The maximum absolute atomic E-state index is 11.7. The molecule has 1 aromatic heterocycles. The van der Waals surface area contributed by atoms with Gasteiger partial charge in [-0.3, -0.25) is 4.79 Å². The van der Waals surface area contributed by atoms with Crippen LogP contribution in [-0.2, 0) is 11.2 Å². The molecule has 19 heavy (non-hydrogen) atoms. The molecule has 3 N–H and O–H groups in total. The number of H-pyrrole nitrogens is 1. The van der Waals surface area contributed by atoms with Gasteiger partial charge in [-0.15, -0.1) is 0 Å². The SMILES string of the molecule is Cc1cccc2[nH]cc(CCNC(=O)C3CNC3)c12. The summed E-state index contributed by atoms with van der Waals surface area (Å²) in [5.74, 6) is 0.347. The number of aromatic nitrogens is 1. The maximum Gasteiger partial charge on any atom is 0.225 e. The van der Waals surface area contributed by atoms with E-state index in [4.69, 9.17) is 0 Å². The summed E-state index contributed by atoms with van der Waals surface area (Å²) in [5.41, 5.74) is 3.73. The van der Waals surface area contributed by atoms with E-state index in [1.807, 2.05) is 0 Å². The third kappa shape index (κ3) is 2.36. The second-order valence-corrected chi connectivity index (χ2v) is 5.21. The number of amides is 1. The molecule has 0 aliphatic carbocycles. The molecule has 0 atom stereocenters. The Balaban J connectivity index is 1.63. The van der Waals surface area contributed by atoms with Crippen molar-refractivity contribution in [3.05, 3.63) is 35.5 Å². The van der Waals surface area contributed by atoms with Gasteiger partial charge in [-0.25, -0.2) is 0 Å². The minimum atomic E-state index is 0.171. The second kappa shape index (κ2) is 5.05. The first kappa shape index (κ1) is 12.2. The molecule has 1 aromatic carbocycles. The molecule has 2 heterocycles. The van der Waals surface area contributed by atoms with Crippen LogP contribution in [0.5, 0.6) is 0 Å². The van der Waals surface area contributed by atoms with Crippen LogP contribution in [0.3, 0.4) is 0 Å². The van der Waals surface area contributed by atoms with Gasteiger partial charge in [-0.05, 0) is 30.5 Å². The van der Waals surface area contributed by atoms with Crippen molar-refractivity contribution in [2.24, 2.45) is 5.92 Å². The summed E-state index contributed by atoms with van der Waals surface area (Å²) >= 11 is 0. The molecule has 4 nitrogen and oxygen atoms in total. The van der Waals surface area contributed by atoms with Gasteiger partial charge in [0, 0.05) is 36.7 Å². The molecule has 0 bridgehead atoms. The number of rotatable bonds is 4. The molecule has 2 aromatic rings. The van der Waals surface area contributed by atoms with Crippen molar-refractivity contribution >= 4 is 16.8 Å². The average molecular weight is 257 g/mol. The van der Waals surface area contributed by atoms with E-state index in [0.717, 1.165) is 19.5 Å². The molecular formula is C15H19N3O. The van der Waals surface area contributed by atoms with Crippen LogP contribution in [0.2, 0.25) is 0 Å². The van der Waals surface area contributed by atoms with Crippen molar-refractivity contribution in [2.45, 2.75) is 13.3 Å². The van der Waals surface area contributed by atoms with Crippen LogP contribution in [0.15, 0.2) is 24.4 Å². The molecule has 1 amide bonds. The van der Waals surface area contributed by atoms with E-state index >= 15 is 0 Å². The summed E-state index contributed by atoms with van der Waals surface area (Å²) in [7, 11) is 0. The van der Waals surface area contributed by atoms with E-state index in [2.05, 4.69) is 46.9 Å². The van der Waals surface area contributed by atoms with Gasteiger partial charge in [0.05, 0.1) is 5.92 Å². The van der Waals surface area contributed by atoms with E-state index < -0.39 is 0 Å². The molecule has 0 radical (unpaired) electrons. The third-order valence-electron chi connectivity index (χ3n) is 3.84. The number of hydrogen-bond donors (Lipinski definition) is 3. The van der Waals surface area contributed by atoms with E-state index in [-0.39, 0.29) is 11.8 Å². The number of aryl methyl sites for hydroxylation is 1. The van der Waals surface area contributed by atoms with E-state index in [1.165, 1.54) is 22.0 Å². The van der Waals surface area contributed by atoms with Crippen molar-refractivity contribution < 1.29 is 4.79 Å². The molecule has 1 fully saturated rings. The molecule has 1 aliphatic rings. The second-order valence-electron chi connectivity index (χ2n) is 5.21. The zero-order valence-corrected chi connectivity index (χ0v) is 11.1. The number of fused-ring (bicyclic) bond motifs is 1. The first-order chi connectivity index (χ1) is 9.25. The highest BCUT2D eigenvalue weighted by molar-refractivity contribution is 5.86. The highest BCUT2D eigenvalue weighted by Gasteiger charge is 2.24. The molecule has 1 aliphatic heterocycles. The molecule has 0 saturated carbocycles. The van der Waals surface area contributed by atoms with Crippen LogP contribution in [0.25, 0.3) is 10.9 Å². The van der Waals surface area contributed by atoms with Crippen LogP contribution >= 0.6 is 0 Å². The summed E-state index contributed by atoms with van der Waals surface area (Å²) in [6, 6.07) is 6.27. The number of hydrogen-bond acceptors (Lipinski definition) is 2.